The van der Waals surface area contributed by atoms with E-state index in [1.54, 1.807) is 18.2 Å². The minimum atomic E-state index is -3.18. The van der Waals surface area contributed by atoms with Crippen molar-refractivity contribution in [3.05, 3.63) is 64.7 Å². The van der Waals surface area contributed by atoms with Crippen LogP contribution in [-0.2, 0) is 9.84 Å². The molecule has 0 spiro atoms. The zero-order valence-electron chi connectivity index (χ0n) is 11.7. The Morgan fingerprint density at radius 3 is 2.20 bits per heavy atom. The summed E-state index contributed by atoms with van der Waals surface area (Å²) in [5, 5.41) is 0. The summed E-state index contributed by atoms with van der Waals surface area (Å²) in [4.78, 5) is 0.340. The molecule has 0 fully saturated rings. The second-order valence-corrected chi connectivity index (χ2v) is 7.98. The van der Waals surface area contributed by atoms with E-state index < -0.39 is 9.84 Å². The number of halogens is 1. The Labute approximate surface area is 128 Å². The summed E-state index contributed by atoms with van der Waals surface area (Å²) in [5.74, 6) is 0. The monoisotopic (exact) mass is 352 g/mol. The highest BCUT2D eigenvalue weighted by Gasteiger charge is 2.14. The van der Waals surface area contributed by atoms with Crippen LogP contribution in [0.1, 0.15) is 27.1 Å². The molecule has 20 heavy (non-hydrogen) atoms. The van der Waals surface area contributed by atoms with Gasteiger partial charge in [-0.05, 0) is 48.2 Å². The Balaban J connectivity index is 2.43. The predicted octanol–water partition coefficient (Wildman–Crippen LogP) is 4.19. The summed E-state index contributed by atoms with van der Waals surface area (Å²) < 4.78 is 23.3. The smallest absolute Gasteiger partial charge is 0.175 e. The number of hydrogen-bond acceptors (Lipinski definition) is 2. The lowest BCUT2D eigenvalue weighted by molar-refractivity contribution is 0.602. The fourth-order valence-electron chi connectivity index (χ4n) is 2.02. The van der Waals surface area contributed by atoms with Crippen molar-refractivity contribution in [2.75, 3.05) is 6.26 Å². The van der Waals surface area contributed by atoms with Crippen LogP contribution in [0.3, 0.4) is 0 Å². The standard InChI is InChI=1S/C16H17BrO2S/c1-11-7-8-14(9-12(11)2)16(17)13-5-4-6-15(10-13)20(3,18)19/h4-10,16H,1-3H3. The van der Waals surface area contributed by atoms with Crippen LogP contribution in [0, 0.1) is 13.8 Å². The lowest BCUT2D eigenvalue weighted by Crippen LogP contribution is -2.00. The molecule has 4 heteroatoms. The van der Waals surface area contributed by atoms with Crippen molar-refractivity contribution in [2.24, 2.45) is 0 Å². The highest BCUT2D eigenvalue weighted by molar-refractivity contribution is 9.09. The van der Waals surface area contributed by atoms with Crippen molar-refractivity contribution in [3.8, 4) is 0 Å². The number of rotatable bonds is 3. The first-order chi connectivity index (χ1) is 9.29. The van der Waals surface area contributed by atoms with Gasteiger partial charge in [0.05, 0.1) is 9.72 Å². The summed E-state index contributed by atoms with van der Waals surface area (Å²) in [5.41, 5.74) is 4.54. The van der Waals surface area contributed by atoms with Gasteiger partial charge in [-0.25, -0.2) is 8.42 Å². The minimum Gasteiger partial charge on any atom is -0.224 e. The maximum Gasteiger partial charge on any atom is 0.175 e. The van der Waals surface area contributed by atoms with Crippen molar-refractivity contribution in [1.29, 1.82) is 0 Å². The van der Waals surface area contributed by atoms with Crippen LogP contribution in [0.2, 0.25) is 0 Å². The fraction of sp³-hybridized carbons (Fsp3) is 0.250. The molecule has 0 aliphatic heterocycles. The lowest BCUT2D eigenvalue weighted by Gasteiger charge is -2.13. The van der Waals surface area contributed by atoms with E-state index in [-0.39, 0.29) is 4.83 Å². The van der Waals surface area contributed by atoms with E-state index in [9.17, 15) is 8.42 Å². The van der Waals surface area contributed by atoms with Crippen molar-refractivity contribution in [3.63, 3.8) is 0 Å². The van der Waals surface area contributed by atoms with Gasteiger partial charge in [0.2, 0.25) is 0 Å². The normalized spacial score (nSPS) is 13.2. The molecule has 0 saturated carbocycles. The molecule has 1 atom stereocenters. The van der Waals surface area contributed by atoms with Crippen LogP contribution < -0.4 is 0 Å². The van der Waals surface area contributed by atoms with Gasteiger partial charge in [0.1, 0.15) is 0 Å². The Kier molecular flexibility index (Phi) is 4.35. The molecule has 2 rings (SSSR count). The minimum absolute atomic E-state index is 0.0106. The van der Waals surface area contributed by atoms with E-state index in [0.717, 1.165) is 11.1 Å². The van der Waals surface area contributed by atoms with Crippen LogP contribution in [0.4, 0.5) is 0 Å². The van der Waals surface area contributed by atoms with Gasteiger partial charge in [0, 0.05) is 6.26 Å². The van der Waals surface area contributed by atoms with E-state index >= 15 is 0 Å². The molecule has 2 aromatic carbocycles. The maximum absolute atomic E-state index is 11.6. The highest BCUT2D eigenvalue weighted by atomic mass is 79.9. The maximum atomic E-state index is 11.6. The number of hydrogen-bond donors (Lipinski definition) is 0. The molecule has 0 bridgehead atoms. The number of sulfone groups is 1. The van der Waals surface area contributed by atoms with Crippen LogP contribution >= 0.6 is 15.9 Å². The van der Waals surface area contributed by atoms with Gasteiger partial charge in [-0.2, -0.15) is 0 Å². The second-order valence-electron chi connectivity index (χ2n) is 5.05. The number of benzene rings is 2. The first-order valence-corrected chi connectivity index (χ1v) is 9.11. The van der Waals surface area contributed by atoms with E-state index in [1.807, 2.05) is 6.07 Å². The van der Waals surface area contributed by atoms with Gasteiger partial charge < -0.3 is 0 Å². The van der Waals surface area contributed by atoms with Crippen molar-refractivity contribution >= 4 is 25.8 Å². The third kappa shape index (κ3) is 3.30. The van der Waals surface area contributed by atoms with E-state index in [0.29, 0.717) is 4.90 Å². The molecule has 0 heterocycles. The molecule has 2 aromatic rings. The van der Waals surface area contributed by atoms with Crippen LogP contribution in [-0.4, -0.2) is 14.7 Å². The average Bonchev–Trinajstić information content (AvgIpc) is 2.40. The molecule has 0 amide bonds. The van der Waals surface area contributed by atoms with Crippen molar-refractivity contribution < 1.29 is 8.42 Å². The van der Waals surface area contributed by atoms with Crippen LogP contribution in [0.5, 0.6) is 0 Å². The first-order valence-electron chi connectivity index (χ1n) is 6.30. The number of alkyl halides is 1. The SMILES string of the molecule is Cc1ccc(C(Br)c2cccc(S(C)(=O)=O)c2)cc1C. The molecule has 0 radical (unpaired) electrons. The van der Waals surface area contributed by atoms with E-state index in [2.05, 4.69) is 48.0 Å². The third-order valence-corrected chi connectivity index (χ3v) is 5.57. The van der Waals surface area contributed by atoms with Gasteiger partial charge >= 0.3 is 0 Å². The summed E-state index contributed by atoms with van der Waals surface area (Å²) in [6, 6.07) is 13.3. The summed E-state index contributed by atoms with van der Waals surface area (Å²) in [7, 11) is -3.18. The predicted molar refractivity (Wildman–Crippen MR) is 86.2 cm³/mol. The molecule has 1 unspecified atom stereocenters. The van der Waals surface area contributed by atoms with Crippen LogP contribution in [0.25, 0.3) is 0 Å². The van der Waals surface area contributed by atoms with Crippen molar-refractivity contribution in [1.82, 2.24) is 0 Å². The zero-order valence-corrected chi connectivity index (χ0v) is 14.1. The molecular formula is C16H17BrO2S. The second kappa shape index (κ2) is 5.70. The van der Waals surface area contributed by atoms with Gasteiger partial charge in [-0.3, -0.25) is 0 Å². The Morgan fingerprint density at radius 2 is 1.60 bits per heavy atom. The first kappa shape index (κ1) is 15.3. The molecule has 106 valence electrons. The largest absolute Gasteiger partial charge is 0.224 e. The Bertz CT molecular complexity index is 736. The van der Waals surface area contributed by atoms with Gasteiger partial charge in [0.25, 0.3) is 0 Å². The van der Waals surface area contributed by atoms with E-state index in [1.165, 1.54) is 17.4 Å². The number of aryl methyl sites for hydroxylation is 2. The average molecular weight is 353 g/mol. The Morgan fingerprint density at radius 1 is 0.950 bits per heavy atom. The molecule has 2 nitrogen and oxygen atoms in total. The van der Waals surface area contributed by atoms with Gasteiger partial charge in [0.15, 0.2) is 9.84 Å². The summed E-state index contributed by atoms with van der Waals surface area (Å²) in [6.45, 7) is 4.15. The molecule has 0 saturated heterocycles. The molecule has 0 aromatic heterocycles. The summed E-state index contributed by atoms with van der Waals surface area (Å²) >= 11 is 3.66. The van der Waals surface area contributed by atoms with Gasteiger partial charge in [-0.1, -0.05) is 46.3 Å². The zero-order chi connectivity index (χ0) is 14.9. The topological polar surface area (TPSA) is 34.1 Å². The van der Waals surface area contributed by atoms with Crippen LogP contribution in [0.15, 0.2) is 47.4 Å². The molecule has 0 N–H and O–H groups in total. The third-order valence-electron chi connectivity index (χ3n) is 3.40. The molecule has 0 aliphatic carbocycles. The lowest BCUT2D eigenvalue weighted by atomic mass is 10.0. The highest BCUT2D eigenvalue weighted by Crippen LogP contribution is 2.32. The van der Waals surface area contributed by atoms with Gasteiger partial charge in [-0.15, -0.1) is 0 Å². The Hall–Kier alpha value is -1.13. The quantitative estimate of drug-likeness (QED) is 0.776. The molecule has 0 aliphatic rings. The summed E-state index contributed by atoms with van der Waals surface area (Å²) in [6.07, 6.45) is 1.23. The van der Waals surface area contributed by atoms with Crippen molar-refractivity contribution in [2.45, 2.75) is 23.6 Å². The van der Waals surface area contributed by atoms with E-state index in [4.69, 9.17) is 0 Å². The molecular weight excluding hydrogens is 336 g/mol. The fourth-order valence-corrected chi connectivity index (χ4v) is 3.26.